The SMILES string of the molecule is Nc1cccn2c(CC3CCCSC3)ncc12. The highest BCUT2D eigenvalue weighted by Crippen LogP contribution is 2.26. The first-order valence-electron chi connectivity index (χ1n) is 6.13. The van der Waals surface area contributed by atoms with E-state index in [1.54, 1.807) is 0 Å². The molecule has 2 aromatic rings. The molecule has 0 amide bonds. The third kappa shape index (κ3) is 2.14. The van der Waals surface area contributed by atoms with E-state index in [0.29, 0.717) is 0 Å². The maximum atomic E-state index is 5.94. The molecule has 90 valence electrons. The van der Waals surface area contributed by atoms with Crippen molar-refractivity contribution in [3.63, 3.8) is 0 Å². The summed E-state index contributed by atoms with van der Waals surface area (Å²) in [7, 11) is 0. The number of imidazole rings is 1. The average molecular weight is 247 g/mol. The molecule has 3 rings (SSSR count). The van der Waals surface area contributed by atoms with Gasteiger partial charge < -0.3 is 10.1 Å². The Bertz CT molecular complexity index is 514. The van der Waals surface area contributed by atoms with Gasteiger partial charge in [-0.1, -0.05) is 0 Å². The van der Waals surface area contributed by atoms with Gasteiger partial charge in [0.05, 0.1) is 17.4 Å². The molecule has 1 saturated heterocycles. The first kappa shape index (κ1) is 11.0. The van der Waals surface area contributed by atoms with E-state index in [1.807, 2.05) is 18.3 Å². The van der Waals surface area contributed by atoms with Crippen LogP contribution < -0.4 is 5.73 Å². The summed E-state index contributed by atoms with van der Waals surface area (Å²) in [5.41, 5.74) is 7.78. The Kier molecular flexibility index (Phi) is 2.97. The summed E-state index contributed by atoms with van der Waals surface area (Å²) in [5.74, 6) is 4.53. The normalized spacial score (nSPS) is 20.8. The molecule has 0 aromatic carbocycles. The molecule has 0 saturated carbocycles. The number of pyridine rings is 1. The van der Waals surface area contributed by atoms with E-state index in [0.717, 1.165) is 29.4 Å². The minimum atomic E-state index is 0.779. The smallest absolute Gasteiger partial charge is 0.113 e. The minimum Gasteiger partial charge on any atom is -0.397 e. The largest absolute Gasteiger partial charge is 0.397 e. The number of nitrogens with two attached hydrogens (primary N) is 1. The number of nitrogen functional groups attached to an aromatic ring is 1. The average Bonchev–Trinajstić information content (AvgIpc) is 2.76. The summed E-state index contributed by atoms with van der Waals surface area (Å²) < 4.78 is 2.13. The van der Waals surface area contributed by atoms with E-state index in [-0.39, 0.29) is 0 Å². The molecule has 2 N–H and O–H groups in total. The second-order valence-electron chi connectivity index (χ2n) is 4.68. The van der Waals surface area contributed by atoms with E-state index in [9.17, 15) is 0 Å². The van der Waals surface area contributed by atoms with Crippen molar-refractivity contribution in [2.24, 2.45) is 5.92 Å². The molecule has 1 unspecified atom stereocenters. The first-order valence-corrected chi connectivity index (χ1v) is 7.28. The van der Waals surface area contributed by atoms with Crippen molar-refractivity contribution in [3.8, 4) is 0 Å². The number of thioether (sulfide) groups is 1. The number of hydrogen-bond donors (Lipinski definition) is 1. The number of rotatable bonds is 2. The van der Waals surface area contributed by atoms with Gasteiger partial charge in [-0.25, -0.2) is 4.98 Å². The molecule has 3 nitrogen and oxygen atoms in total. The Morgan fingerprint density at radius 3 is 3.29 bits per heavy atom. The Labute approximate surface area is 105 Å². The lowest BCUT2D eigenvalue weighted by atomic mass is 10.0. The molecule has 1 aliphatic rings. The zero-order valence-electron chi connectivity index (χ0n) is 9.80. The van der Waals surface area contributed by atoms with E-state index in [1.165, 1.54) is 24.3 Å². The van der Waals surface area contributed by atoms with Gasteiger partial charge in [-0.3, -0.25) is 0 Å². The summed E-state index contributed by atoms with van der Waals surface area (Å²) in [6, 6.07) is 3.92. The highest BCUT2D eigenvalue weighted by molar-refractivity contribution is 7.99. The predicted octanol–water partition coefficient (Wildman–Crippen LogP) is 2.60. The molecule has 3 heterocycles. The van der Waals surface area contributed by atoms with Crippen LogP contribution in [-0.2, 0) is 6.42 Å². The molecular formula is C13H17N3S. The fraction of sp³-hybridized carbons (Fsp3) is 0.462. The quantitative estimate of drug-likeness (QED) is 0.887. The Hall–Kier alpha value is -1.16. The van der Waals surface area contributed by atoms with Gasteiger partial charge >= 0.3 is 0 Å². The number of hydrogen-bond acceptors (Lipinski definition) is 3. The topological polar surface area (TPSA) is 43.3 Å². The van der Waals surface area contributed by atoms with Crippen LogP contribution in [0.3, 0.4) is 0 Å². The van der Waals surface area contributed by atoms with Gasteiger partial charge in [-0.2, -0.15) is 11.8 Å². The number of aromatic nitrogens is 2. The van der Waals surface area contributed by atoms with Gasteiger partial charge in [0, 0.05) is 12.6 Å². The molecule has 4 heteroatoms. The van der Waals surface area contributed by atoms with Crippen LogP contribution >= 0.6 is 11.8 Å². The molecule has 0 radical (unpaired) electrons. The zero-order valence-corrected chi connectivity index (χ0v) is 10.6. The Balaban J connectivity index is 1.87. The third-order valence-electron chi connectivity index (χ3n) is 3.41. The standard InChI is InChI=1S/C13H17N3S/c14-11-4-1-5-16-12(11)8-15-13(16)7-10-3-2-6-17-9-10/h1,4-5,8,10H,2-3,6-7,9,14H2. The zero-order chi connectivity index (χ0) is 11.7. The van der Waals surface area contributed by atoms with Crippen LogP contribution in [-0.4, -0.2) is 20.9 Å². The second kappa shape index (κ2) is 4.61. The minimum absolute atomic E-state index is 0.779. The molecule has 0 aliphatic carbocycles. The summed E-state index contributed by atoms with van der Waals surface area (Å²) in [5, 5.41) is 0. The van der Waals surface area contributed by atoms with Gasteiger partial charge in [0.15, 0.2) is 0 Å². The van der Waals surface area contributed by atoms with Gasteiger partial charge in [-0.05, 0) is 42.4 Å². The van der Waals surface area contributed by atoms with Crippen LogP contribution in [0.1, 0.15) is 18.7 Å². The highest BCUT2D eigenvalue weighted by atomic mass is 32.2. The molecule has 0 spiro atoms. The Morgan fingerprint density at radius 1 is 1.53 bits per heavy atom. The predicted molar refractivity (Wildman–Crippen MR) is 73.4 cm³/mol. The third-order valence-corrected chi connectivity index (χ3v) is 4.69. The lowest BCUT2D eigenvalue weighted by molar-refractivity contribution is 0.507. The van der Waals surface area contributed by atoms with Crippen LogP contribution in [0.25, 0.3) is 5.52 Å². The molecular weight excluding hydrogens is 230 g/mol. The Morgan fingerprint density at radius 2 is 2.47 bits per heavy atom. The van der Waals surface area contributed by atoms with Gasteiger partial charge in [-0.15, -0.1) is 0 Å². The molecule has 0 bridgehead atoms. The van der Waals surface area contributed by atoms with E-state index >= 15 is 0 Å². The second-order valence-corrected chi connectivity index (χ2v) is 5.83. The maximum Gasteiger partial charge on any atom is 0.113 e. The fourth-order valence-corrected chi connectivity index (χ4v) is 3.63. The summed E-state index contributed by atoms with van der Waals surface area (Å²) in [6.07, 6.45) is 7.71. The fourth-order valence-electron chi connectivity index (χ4n) is 2.47. The van der Waals surface area contributed by atoms with Crippen molar-refractivity contribution in [2.45, 2.75) is 19.3 Å². The summed E-state index contributed by atoms with van der Waals surface area (Å²) in [6.45, 7) is 0. The van der Waals surface area contributed by atoms with Crippen LogP contribution in [0.2, 0.25) is 0 Å². The van der Waals surface area contributed by atoms with Crippen molar-refractivity contribution >= 4 is 23.0 Å². The number of fused-ring (bicyclic) bond motifs is 1. The van der Waals surface area contributed by atoms with E-state index < -0.39 is 0 Å². The highest BCUT2D eigenvalue weighted by Gasteiger charge is 2.16. The van der Waals surface area contributed by atoms with Crippen molar-refractivity contribution in [1.82, 2.24) is 9.38 Å². The van der Waals surface area contributed by atoms with Crippen molar-refractivity contribution in [2.75, 3.05) is 17.2 Å². The monoisotopic (exact) mass is 247 g/mol. The molecule has 2 aromatic heterocycles. The van der Waals surface area contributed by atoms with Crippen LogP contribution in [0, 0.1) is 5.92 Å². The lowest BCUT2D eigenvalue weighted by Crippen LogP contribution is -2.14. The summed E-state index contributed by atoms with van der Waals surface area (Å²) >= 11 is 2.07. The van der Waals surface area contributed by atoms with Gasteiger partial charge in [0.1, 0.15) is 5.82 Å². The van der Waals surface area contributed by atoms with Crippen LogP contribution in [0.4, 0.5) is 5.69 Å². The maximum absolute atomic E-state index is 5.94. The molecule has 1 aliphatic heterocycles. The van der Waals surface area contributed by atoms with Crippen molar-refractivity contribution in [3.05, 3.63) is 30.4 Å². The first-order chi connectivity index (χ1) is 8.34. The van der Waals surface area contributed by atoms with Gasteiger partial charge in [0.2, 0.25) is 0 Å². The van der Waals surface area contributed by atoms with Crippen molar-refractivity contribution in [1.29, 1.82) is 0 Å². The number of nitrogens with zero attached hydrogens (tertiary/aromatic N) is 2. The van der Waals surface area contributed by atoms with E-state index in [2.05, 4.69) is 27.3 Å². The van der Waals surface area contributed by atoms with Gasteiger partial charge in [0.25, 0.3) is 0 Å². The van der Waals surface area contributed by atoms with Crippen molar-refractivity contribution < 1.29 is 0 Å². The van der Waals surface area contributed by atoms with Crippen LogP contribution in [0.5, 0.6) is 0 Å². The van der Waals surface area contributed by atoms with Crippen LogP contribution in [0.15, 0.2) is 24.5 Å². The molecule has 1 atom stereocenters. The molecule has 1 fully saturated rings. The molecule has 17 heavy (non-hydrogen) atoms. The lowest BCUT2D eigenvalue weighted by Gasteiger charge is -2.20. The summed E-state index contributed by atoms with van der Waals surface area (Å²) in [4.78, 5) is 4.52. The number of anilines is 1. The van der Waals surface area contributed by atoms with E-state index in [4.69, 9.17) is 5.73 Å².